The van der Waals surface area contributed by atoms with Crippen molar-refractivity contribution in [2.75, 3.05) is 12.4 Å². The number of carbonyl (C=O) groups excluding carboxylic acids is 1. The fourth-order valence-corrected chi connectivity index (χ4v) is 1.51. The van der Waals surface area contributed by atoms with Crippen molar-refractivity contribution in [1.29, 1.82) is 0 Å². The van der Waals surface area contributed by atoms with Crippen molar-refractivity contribution in [3.8, 4) is 0 Å². The van der Waals surface area contributed by atoms with Gasteiger partial charge in [0, 0.05) is 17.2 Å². The molecule has 82 valence electrons. The van der Waals surface area contributed by atoms with E-state index in [-0.39, 0.29) is 11.9 Å². The van der Waals surface area contributed by atoms with Crippen molar-refractivity contribution in [2.45, 2.75) is 19.9 Å². The van der Waals surface area contributed by atoms with Gasteiger partial charge >= 0.3 is 0 Å². The van der Waals surface area contributed by atoms with Crippen molar-refractivity contribution < 1.29 is 4.79 Å². The van der Waals surface area contributed by atoms with Crippen LogP contribution in [0.3, 0.4) is 0 Å². The Morgan fingerprint density at radius 1 is 1.47 bits per heavy atom. The molecule has 1 atom stereocenters. The highest BCUT2D eigenvalue weighted by molar-refractivity contribution is 9.10. The molecule has 0 aliphatic heterocycles. The van der Waals surface area contributed by atoms with Crippen LogP contribution in [0.1, 0.15) is 12.5 Å². The molecule has 0 radical (unpaired) electrons. The lowest BCUT2D eigenvalue weighted by Crippen LogP contribution is -2.35. The molecule has 0 saturated carbocycles. The monoisotopic (exact) mass is 270 g/mol. The van der Waals surface area contributed by atoms with Gasteiger partial charge < -0.3 is 10.6 Å². The summed E-state index contributed by atoms with van der Waals surface area (Å²) in [5.41, 5.74) is 2.09. The minimum atomic E-state index is -0.226. The smallest absolute Gasteiger partial charge is 0.241 e. The van der Waals surface area contributed by atoms with Crippen molar-refractivity contribution >= 4 is 27.5 Å². The Hall–Kier alpha value is -1.03. The minimum absolute atomic E-state index is 0.0180. The van der Waals surface area contributed by atoms with Gasteiger partial charge in [0.2, 0.25) is 5.91 Å². The van der Waals surface area contributed by atoms with Gasteiger partial charge in [-0.2, -0.15) is 0 Å². The van der Waals surface area contributed by atoms with Crippen LogP contribution in [-0.2, 0) is 4.79 Å². The molecule has 0 heterocycles. The number of amides is 1. The van der Waals surface area contributed by atoms with Crippen LogP contribution in [0.15, 0.2) is 22.7 Å². The van der Waals surface area contributed by atoms with E-state index in [0.717, 1.165) is 15.7 Å². The number of hydrogen-bond donors (Lipinski definition) is 2. The standard InChI is InChI=1S/C11H15BrN2O/c1-7-6-9(4-5-10(7)12)14-8(2)11(15)13-3/h4-6,8,14H,1-3H3,(H,13,15). The van der Waals surface area contributed by atoms with E-state index in [1.165, 1.54) is 0 Å². The Morgan fingerprint density at radius 3 is 2.67 bits per heavy atom. The number of benzene rings is 1. The van der Waals surface area contributed by atoms with Gasteiger partial charge in [-0.05, 0) is 37.6 Å². The molecular formula is C11H15BrN2O. The van der Waals surface area contributed by atoms with E-state index >= 15 is 0 Å². The summed E-state index contributed by atoms with van der Waals surface area (Å²) >= 11 is 3.43. The molecule has 0 spiro atoms. The highest BCUT2D eigenvalue weighted by atomic mass is 79.9. The first-order valence-electron chi connectivity index (χ1n) is 4.79. The summed E-state index contributed by atoms with van der Waals surface area (Å²) in [5, 5.41) is 5.73. The predicted molar refractivity (Wildman–Crippen MR) is 66.0 cm³/mol. The number of aryl methyl sites for hydroxylation is 1. The van der Waals surface area contributed by atoms with Crippen molar-refractivity contribution in [2.24, 2.45) is 0 Å². The Balaban J connectivity index is 2.73. The normalized spacial score (nSPS) is 12.0. The van der Waals surface area contributed by atoms with Crippen LogP contribution in [0, 0.1) is 6.92 Å². The van der Waals surface area contributed by atoms with Gasteiger partial charge in [-0.1, -0.05) is 15.9 Å². The van der Waals surface area contributed by atoms with Crippen LogP contribution < -0.4 is 10.6 Å². The third-order valence-corrected chi connectivity index (χ3v) is 3.07. The van der Waals surface area contributed by atoms with Gasteiger partial charge in [0.25, 0.3) is 0 Å². The summed E-state index contributed by atoms with van der Waals surface area (Å²) in [6.45, 7) is 3.84. The van der Waals surface area contributed by atoms with Crippen LogP contribution in [0.25, 0.3) is 0 Å². The quantitative estimate of drug-likeness (QED) is 0.885. The maximum atomic E-state index is 11.3. The van der Waals surface area contributed by atoms with Gasteiger partial charge in [0.15, 0.2) is 0 Å². The maximum Gasteiger partial charge on any atom is 0.241 e. The number of halogens is 1. The Labute approximate surface area is 98.4 Å². The molecule has 0 aliphatic rings. The predicted octanol–water partition coefficient (Wildman–Crippen LogP) is 2.30. The van der Waals surface area contributed by atoms with Crippen LogP contribution >= 0.6 is 15.9 Å². The summed E-state index contributed by atoms with van der Waals surface area (Å²) in [4.78, 5) is 11.3. The third-order valence-electron chi connectivity index (χ3n) is 2.18. The number of rotatable bonds is 3. The fourth-order valence-electron chi connectivity index (χ4n) is 1.27. The summed E-state index contributed by atoms with van der Waals surface area (Å²) in [5.74, 6) is -0.0180. The minimum Gasteiger partial charge on any atom is -0.374 e. The summed E-state index contributed by atoms with van der Waals surface area (Å²) < 4.78 is 1.07. The second-order valence-corrected chi connectivity index (χ2v) is 4.30. The topological polar surface area (TPSA) is 41.1 Å². The molecule has 3 nitrogen and oxygen atoms in total. The molecule has 1 aromatic carbocycles. The third kappa shape index (κ3) is 3.23. The first-order chi connectivity index (χ1) is 7.04. The molecule has 0 aromatic heterocycles. The lowest BCUT2D eigenvalue weighted by atomic mass is 10.2. The average Bonchev–Trinajstić information content (AvgIpc) is 2.22. The maximum absolute atomic E-state index is 11.3. The molecule has 1 unspecified atom stereocenters. The molecule has 0 aliphatic carbocycles. The molecule has 1 rings (SSSR count). The van der Waals surface area contributed by atoms with E-state index in [2.05, 4.69) is 26.6 Å². The number of nitrogens with one attached hydrogen (secondary N) is 2. The molecule has 0 bridgehead atoms. The number of likely N-dealkylation sites (N-methyl/N-ethyl adjacent to an activating group) is 1. The van der Waals surface area contributed by atoms with Gasteiger partial charge in [-0.25, -0.2) is 0 Å². The van der Waals surface area contributed by atoms with Gasteiger partial charge in [0.05, 0.1) is 0 Å². The zero-order valence-corrected chi connectivity index (χ0v) is 10.7. The summed E-state index contributed by atoms with van der Waals surface area (Å²) in [7, 11) is 1.63. The number of anilines is 1. The number of hydrogen-bond acceptors (Lipinski definition) is 2. The Bertz CT molecular complexity index is 366. The van der Waals surface area contributed by atoms with E-state index in [1.807, 2.05) is 32.0 Å². The van der Waals surface area contributed by atoms with Crippen LogP contribution in [0.5, 0.6) is 0 Å². The van der Waals surface area contributed by atoms with E-state index < -0.39 is 0 Å². The van der Waals surface area contributed by atoms with Crippen molar-refractivity contribution in [3.63, 3.8) is 0 Å². The average molecular weight is 271 g/mol. The van der Waals surface area contributed by atoms with E-state index in [4.69, 9.17) is 0 Å². The molecule has 1 amide bonds. The van der Waals surface area contributed by atoms with Gasteiger partial charge in [-0.3, -0.25) is 4.79 Å². The highest BCUT2D eigenvalue weighted by Gasteiger charge is 2.10. The zero-order chi connectivity index (χ0) is 11.4. The van der Waals surface area contributed by atoms with Crippen LogP contribution in [0.4, 0.5) is 5.69 Å². The summed E-state index contributed by atoms with van der Waals surface area (Å²) in [6, 6.07) is 5.68. The van der Waals surface area contributed by atoms with E-state index in [0.29, 0.717) is 0 Å². The first kappa shape index (κ1) is 12.0. The molecule has 15 heavy (non-hydrogen) atoms. The van der Waals surface area contributed by atoms with Crippen LogP contribution in [-0.4, -0.2) is 19.0 Å². The molecule has 0 fully saturated rings. The van der Waals surface area contributed by atoms with Crippen LogP contribution in [0.2, 0.25) is 0 Å². The molecule has 4 heteroatoms. The lowest BCUT2D eigenvalue weighted by molar-refractivity contribution is -0.121. The van der Waals surface area contributed by atoms with Crippen molar-refractivity contribution in [3.05, 3.63) is 28.2 Å². The van der Waals surface area contributed by atoms with E-state index in [1.54, 1.807) is 7.05 Å². The van der Waals surface area contributed by atoms with Gasteiger partial charge in [0.1, 0.15) is 6.04 Å². The van der Waals surface area contributed by atoms with E-state index in [9.17, 15) is 4.79 Å². The Morgan fingerprint density at radius 2 is 2.13 bits per heavy atom. The summed E-state index contributed by atoms with van der Waals surface area (Å²) in [6.07, 6.45) is 0. The molecule has 1 aromatic rings. The molecular weight excluding hydrogens is 256 g/mol. The largest absolute Gasteiger partial charge is 0.374 e. The zero-order valence-electron chi connectivity index (χ0n) is 9.10. The second-order valence-electron chi connectivity index (χ2n) is 3.44. The van der Waals surface area contributed by atoms with Gasteiger partial charge in [-0.15, -0.1) is 0 Å². The highest BCUT2D eigenvalue weighted by Crippen LogP contribution is 2.20. The molecule has 2 N–H and O–H groups in total. The lowest BCUT2D eigenvalue weighted by Gasteiger charge is -2.14. The number of carbonyl (C=O) groups is 1. The second kappa shape index (κ2) is 5.16. The Kier molecular flexibility index (Phi) is 4.15. The van der Waals surface area contributed by atoms with Crippen molar-refractivity contribution in [1.82, 2.24) is 5.32 Å². The first-order valence-corrected chi connectivity index (χ1v) is 5.58. The fraction of sp³-hybridized carbons (Fsp3) is 0.364. The molecule has 0 saturated heterocycles. The SMILES string of the molecule is CNC(=O)C(C)Nc1ccc(Br)c(C)c1.